The zero-order valence-corrected chi connectivity index (χ0v) is 16.2. The molecule has 1 amide bonds. The Morgan fingerprint density at radius 1 is 1.14 bits per heavy atom. The van der Waals surface area contributed by atoms with Crippen molar-refractivity contribution in [3.8, 4) is 11.5 Å². The van der Waals surface area contributed by atoms with Crippen molar-refractivity contribution in [3.63, 3.8) is 0 Å². The summed E-state index contributed by atoms with van der Waals surface area (Å²) in [7, 11) is 1.33. The normalized spacial score (nSPS) is 10.1. The van der Waals surface area contributed by atoms with Crippen LogP contribution in [-0.4, -0.2) is 43.7 Å². The number of rotatable bonds is 10. The topological polar surface area (TPSA) is 117 Å². The third kappa shape index (κ3) is 6.20. The first-order chi connectivity index (χ1) is 14.0. The third-order valence-electron chi connectivity index (χ3n) is 3.91. The SMILES string of the molecule is CCOc1cc(C(=O)OCC(=O)NCCc2ccccc2)c([N+](=O)[O-])cc1OC. The van der Waals surface area contributed by atoms with Gasteiger partial charge in [0, 0.05) is 12.6 Å². The van der Waals surface area contributed by atoms with Gasteiger partial charge in [-0.05, 0) is 18.9 Å². The number of hydrogen-bond acceptors (Lipinski definition) is 7. The summed E-state index contributed by atoms with van der Waals surface area (Å²) in [5.74, 6) is -1.22. The molecule has 154 valence electrons. The monoisotopic (exact) mass is 402 g/mol. The van der Waals surface area contributed by atoms with Gasteiger partial charge in [0.2, 0.25) is 0 Å². The number of esters is 1. The average Bonchev–Trinajstić information content (AvgIpc) is 2.72. The van der Waals surface area contributed by atoms with Crippen molar-refractivity contribution >= 4 is 17.6 Å². The van der Waals surface area contributed by atoms with Crippen molar-refractivity contribution in [1.29, 1.82) is 0 Å². The van der Waals surface area contributed by atoms with Crippen molar-refractivity contribution in [2.75, 3.05) is 26.9 Å². The molecule has 0 fully saturated rings. The van der Waals surface area contributed by atoms with Crippen molar-refractivity contribution in [2.24, 2.45) is 0 Å². The Morgan fingerprint density at radius 2 is 1.86 bits per heavy atom. The molecular formula is C20H22N2O7. The first kappa shape index (κ1) is 21.7. The number of nitrogens with one attached hydrogen (secondary N) is 1. The molecule has 2 aromatic rings. The molecule has 0 heterocycles. The fourth-order valence-corrected chi connectivity index (χ4v) is 2.54. The molecule has 0 bridgehead atoms. The van der Waals surface area contributed by atoms with E-state index in [2.05, 4.69) is 5.32 Å². The Morgan fingerprint density at radius 3 is 2.48 bits per heavy atom. The molecule has 0 aliphatic rings. The van der Waals surface area contributed by atoms with E-state index in [9.17, 15) is 19.7 Å². The largest absolute Gasteiger partial charge is 0.493 e. The fraction of sp³-hybridized carbons (Fsp3) is 0.300. The molecule has 0 unspecified atom stereocenters. The van der Waals surface area contributed by atoms with Gasteiger partial charge in [-0.1, -0.05) is 30.3 Å². The molecule has 29 heavy (non-hydrogen) atoms. The Labute approximate surface area is 167 Å². The van der Waals surface area contributed by atoms with Gasteiger partial charge >= 0.3 is 5.97 Å². The Balaban J connectivity index is 1.99. The first-order valence-electron chi connectivity index (χ1n) is 8.93. The van der Waals surface area contributed by atoms with Gasteiger partial charge in [0.1, 0.15) is 5.56 Å². The summed E-state index contributed by atoms with van der Waals surface area (Å²) < 4.78 is 15.3. The molecule has 2 aromatic carbocycles. The molecule has 0 aliphatic carbocycles. The van der Waals surface area contributed by atoms with E-state index >= 15 is 0 Å². The number of methoxy groups -OCH3 is 1. The lowest BCUT2D eigenvalue weighted by Crippen LogP contribution is -2.30. The Bertz CT molecular complexity index is 869. The second-order valence-electron chi connectivity index (χ2n) is 5.87. The molecule has 1 N–H and O–H groups in total. The quantitative estimate of drug-likeness (QED) is 0.369. The summed E-state index contributed by atoms with van der Waals surface area (Å²) in [5.41, 5.74) is 0.234. The van der Waals surface area contributed by atoms with Gasteiger partial charge in [0.15, 0.2) is 18.1 Å². The van der Waals surface area contributed by atoms with Gasteiger partial charge in [-0.2, -0.15) is 0 Å². The van der Waals surface area contributed by atoms with Crippen LogP contribution in [0.1, 0.15) is 22.8 Å². The standard InChI is InChI=1S/C20H22N2O7/c1-3-28-18-11-15(16(22(25)26)12-17(18)27-2)20(24)29-13-19(23)21-10-9-14-7-5-4-6-8-14/h4-8,11-12H,3,9-10,13H2,1-2H3,(H,21,23). The second kappa shape index (κ2) is 10.6. The maximum absolute atomic E-state index is 12.3. The van der Waals surface area contributed by atoms with Crippen LogP contribution in [0.3, 0.4) is 0 Å². The van der Waals surface area contributed by atoms with Crippen LogP contribution in [0.25, 0.3) is 0 Å². The van der Waals surface area contributed by atoms with Crippen molar-refractivity contribution in [1.82, 2.24) is 5.32 Å². The number of hydrogen-bond donors (Lipinski definition) is 1. The van der Waals surface area contributed by atoms with E-state index < -0.39 is 29.1 Å². The summed E-state index contributed by atoms with van der Waals surface area (Å²) in [4.78, 5) is 34.8. The molecule has 0 radical (unpaired) electrons. The van der Waals surface area contributed by atoms with E-state index in [0.717, 1.165) is 11.6 Å². The highest BCUT2D eigenvalue weighted by Crippen LogP contribution is 2.35. The van der Waals surface area contributed by atoms with E-state index in [1.165, 1.54) is 13.2 Å². The number of ether oxygens (including phenoxy) is 3. The van der Waals surface area contributed by atoms with Crippen LogP contribution < -0.4 is 14.8 Å². The van der Waals surface area contributed by atoms with Gasteiger partial charge in [-0.25, -0.2) is 4.79 Å². The number of carbonyl (C=O) groups is 2. The van der Waals surface area contributed by atoms with Crippen LogP contribution in [0.4, 0.5) is 5.69 Å². The van der Waals surface area contributed by atoms with Crippen LogP contribution in [0, 0.1) is 10.1 Å². The highest BCUT2D eigenvalue weighted by Gasteiger charge is 2.26. The molecule has 0 aliphatic heterocycles. The zero-order valence-electron chi connectivity index (χ0n) is 16.2. The van der Waals surface area contributed by atoms with Gasteiger partial charge in [0.05, 0.1) is 24.7 Å². The van der Waals surface area contributed by atoms with Gasteiger partial charge in [-0.3, -0.25) is 14.9 Å². The van der Waals surface area contributed by atoms with E-state index in [4.69, 9.17) is 14.2 Å². The summed E-state index contributed by atoms with van der Waals surface area (Å²) in [5, 5.41) is 13.9. The minimum Gasteiger partial charge on any atom is -0.493 e. The molecular weight excluding hydrogens is 380 g/mol. The fourth-order valence-electron chi connectivity index (χ4n) is 2.54. The van der Waals surface area contributed by atoms with Crippen molar-refractivity contribution < 1.29 is 28.7 Å². The van der Waals surface area contributed by atoms with Crippen molar-refractivity contribution in [2.45, 2.75) is 13.3 Å². The predicted octanol–water partition coefficient (Wildman–Crippen LogP) is 2.52. The number of amides is 1. The summed E-state index contributed by atoms with van der Waals surface area (Å²) in [6.45, 7) is 1.81. The highest BCUT2D eigenvalue weighted by molar-refractivity contribution is 5.96. The number of nitro groups is 1. The summed E-state index contributed by atoms with van der Waals surface area (Å²) in [6, 6.07) is 11.8. The number of benzene rings is 2. The van der Waals surface area contributed by atoms with Gasteiger partial charge < -0.3 is 19.5 Å². The van der Waals surface area contributed by atoms with Gasteiger partial charge in [0.25, 0.3) is 11.6 Å². The average molecular weight is 402 g/mol. The van der Waals surface area contributed by atoms with E-state index in [-0.39, 0.29) is 23.7 Å². The minimum atomic E-state index is -1.00. The predicted molar refractivity (Wildman–Crippen MR) is 104 cm³/mol. The highest BCUT2D eigenvalue weighted by atomic mass is 16.6. The molecule has 0 aromatic heterocycles. The molecule has 0 atom stereocenters. The van der Waals surface area contributed by atoms with E-state index in [1.54, 1.807) is 6.92 Å². The van der Waals surface area contributed by atoms with Crippen molar-refractivity contribution in [3.05, 3.63) is 63.7 Å². The lowest BCUT2D eigenvalue weighted by atomic mass is 10.1. The maximum atomic E-state index is 12.3. The van der Waals surface area contributed by atoms with Crippen LogP contribution in [-0.2, 0) is 16.0 Å². The van der Waals surface area contributed by atoms with Crippen LogP contribution in [0.2, 0.25) is 0 Å². The lowest BCUT2D eigenvalue weighted by molar-refractivity contribution is -0.385. The molecule has 0 saturated carbocycles. The van der Waals surface area contributed by atoms with Crippen LogP contribution >= 0.6 is 0 Å². The smallest absolute Gasteiger partial charge is 0.345 e. The zero-order chi connectivity index (χ0) is 21.2. The Kier molecular flexibility index (Phi) is 7.96. The molecule has 0 spiro atoms. The minimum absolute atomic E-state index is 0.119. The Hall–Kier alpha value is -3.62. The molecule has 9 heteroatoms. The summed E-state index contributed by atoms with van der Waals surface area (Å²) >= 11 is 0. The molecule has 2 rings (SSSR count). The van der Waals surface area contributed by atoms with E-state index in [1.807, 2.05) is 30.3 Å². The molecule has 9 nitrogen and oxygen atoms in total. The summed E-state index contributed by atoms with van der Waals surface area (Å²) in [6.07, 6.45) is 0.627. The third-order valence-corrected chi connectivity index (χ3v) is 3.91. The first-order valence-corrected chi connectivity index (χ1v) is 8.93. The molecule has 0 saturated heterocycles. The van der Waals surface area contributed by atoms with Crippen LogP contribution in [0.15, 0.2) is 42.5 Å². The number of nitrogens with zero attached hydrogens (tertiary/aromatic N) is 1. The van der Waals surface area contributed by atoms with E-state index in [0.29, 0.717) is 13.0 Å². The van der Waals surface area contributed by atoms with Crippen LogP contribution in [0.5, 0.6) is 11.5 Å². The second-order valence-corrected chi connectivity index (χ2v) is 5.87. The lowest BCUT2D eigenvalue weighted by Gasteiger charge is -2.12. The van der Waals surface area contributed by atoms with Gasteiger partial charge in [-0.15, -0.1) is 0 Å². The number of nitro benzene ring substituents is 1. The number of carbonyl (C=O) groups excluding carboxylic acids is 2. The maximum Gasteiger partial charge on any atom is 0.345 e.